The Labute approximate surface area is 163 Å². The van der Waals surface area contributed by atoms with E-state index in [9.17, 15) is 9.59 Å². The average molecular weight is 405 g/mol. The number of carbonyl (C=O) groups excluding carboxylic acids is 2. The van der Waals surface area contributed by atoms with E-state index in [1.54, 1.807) is 30.3 Å². The topological polar surface area (TPSA) is 115 Å². The molecule has 0 heterocycles. The Hall–Kier alpha value is -2.31. The van der Waals surface area contributed by atoms with Crippen LogP contribution in [-0.4, -0.2) is 39.3 Å². The van der Waals surface area contributed by atoms with Crippen molar-refractivity contribution in [2.45, 2.75) is 32.7 Å². The monoisotopic (exact) mass is 405 g/mol. The fourth-order valence-corrected chi connectivity index (χ4v) is 3.17. The van der Waals surface area contributed by atoms with Crippen LogP contribution in [0, 0.1) is 0 Å². The Balaban J connectivity index is 0.000000500. The first-order valence-corrected chi connectivity index (χ1v) is 10.4. The van der Waals surface area contributed by atoms with Gasteiger partial charge in [0.05, 0.1) is 0 Å². The Bertz CT molecular complexity index is 928. The number of fused-ring (bicyclic) bond motifs is 2. The summed E-state index contributed by atoms with van der Waals surface area (Å²) >= 11 is 0. The van der Waals surface area contributed by atoms with E-state index in [1.807, 2.05) is 19.2 Å². The zero-order valence-corrected chi connectivity index (χ0v) is 16.9. The molecule has 3 rings (SSSR count). The van der Waals surface area contributed by atoms with Gasteiger partial charge < -0.3 is 19.6 Å². The normalized spacial score (nSPS) is 13.8. The summed E-state index contributed by atoms with van der Waals surface area (Å²) in [4.78, 5) is 49.1. The highest BCUT2D eigenvalue weighted by molar-refractivity contribution is 7.45. The summed E-state index contributed by atoms with van der Waals surface area (Å²) in [6.07, 6.45) is 2.20. The summed E-state index contributed by atoms with van der Waals surface area (Å²) in [7, 11) is -2.61. The van der Waals surface area contributed by atoms with Crippen molar-refractivity contribution in [1.29, 1.82) is 0 Å². The molecule has 150 valence electrons. The molecule has 7 nitrogen and oxygen atoms in total. The van der Waals surface area contributed by atoms with E-state index in [-0.39, 0.29) is 11.6 Å². The second-order valence-corrected chi connectivity index (χ2v) is 7.72. The van der Waals surface area contributed by atoms with E-state index in [0.29, 0.717) is 28.3 Å². The molecule has 0 aromatic heterocycles. The zero-order valence-electron chi connectivity index (χ0n) is 16.0. The van der Waals surface area contributed by atoms with E-state index >= 15 is 0 Å². The Morgan fingerprint density at radius 3 is 1.89 bits per heavy atom. The summed E-state index contributed by atoms with van der Waals surface area (Å²) < 4.78 is 8.88. The van der Waals surface area contributed by atoms with Crippen molar-refractivity contribution >= 4 is 25.1 Å². The molecule has 0 saturated heterocycles. The second-order valence-electron chi connectivity index (χ2n) is 6.70. The lowest BCUT2D eigenvalue weighted by atomic mass is 9.84. The number of hydrogen-bond donors (Lipinski definition) is 3. The maximum Gasteiger partial charge on any atom is 0.466 e. The van der Waals surface area contributed by atoms with Gasteiger partial charge in [-0.25, -0.2) is 4.57 Å². The lowest BCUT2D eigenvalue weighted by molar-refractivity contribution is 0.0979. The lowest BCUT2D eigenvalue weighted by Crippen LogP contribution is -2.29. The number of nitrogens with zero attached hydrogens (tertiary/aromatic N) is 1. The average Bonchev–Trinajstić information content (AvgIpc) is 2.64. The molecule has 2 aromatic carbocycles. The molecule has 0 fully saturated rings. The van der Waals surface area contributed by atoms with E-state index in [1.165, 1.54) is 0 Å². The first kappa shape index (κ1) is 22.0. The molecule has 0 aliphatic heterocycles. The van der Waals surface area contributed by atoms with Crippen molar-refractivity contribution in [1.82, 2.24) is 0 Å². The van der Waals surface area contributed by atoms with Gasteiger partial charge in [-0.05, 0) is 31.5 Å². The van der Waals surface area contributed by atoms with Crippen LogP contribution >= 0.6 is 7.82 Å². The van der Waals surface area contributed by atoms with Crippen LogP contribution in [-0.2, 0) is 4.57 Å². The SMILES string of the molecule is CCCC(C)N(C)c1ccc2c(c1)C(=O)c1ccccc1C2=O.O=P(O)(O)O. The molecule has 1 atom stereocenters. The van der Waals surface area contributed by atoms with Gasteiger partial charge in [-0.2, -0.15) is 0 Å². The molecule has 2 aromatic rings. The van der Waals surface area contributed by atoms with Gasteiger partial charge in [-0.15, -0.1) is 0 Å². The summed E-state index contributed by atoms with van der Waals surface area (Å²) in [5.74, 6) is -0.125. The summed E-state index contributed by atoms with van der Waals surface area (Å²) in [6, 6.07) is 13.0. The van der Waals surface area contributed by atoms with Crippen molar-refractivity contribution in [3.8, 4) is 0 Å². The van der Waals surface area contributed by atoms with Gasteiger partial charge in [0, 0.05) is 41.0 Å². The summed E-state index contributed by atoms with van der Waals surface area (Å²) in [5, 5.41) is 0. The Kier molecular flexibility index (Phi) is 6.91. The molecule has 0 saturated carbocycles. The van der Waals surface area contributed by atoms with Crippen molar-refractivity contribution in [2.24, 2.45) is 0 Å². The van der Waals surface area contributed by atoms with E-state index in [4.69, 9.17) is 19.2 Å². The number of anilines is 1. The van der Waals surface area contributed by atoms with Gasteiger partial charge in [0.2, 0.25) is 0 Å². The third-order valence-electron chi connectivity index (χ3n) is 4.68. The molecule has 3 N–H and O–H groups in total. The minimum Gasteiger partial charge on any atom is -0.372 e. The van der Waals surface area contributed by atoms with Crippen LogP contribution in [0.4, 0.5) is 5.69 Å². The molecular formula is C20H24NO6P. The van der Waals surface area contributed by atoms with Crippen LogP contribution in [0.3, 0.4) is 0 Å². The zero-order chi connectivity index (χ0) is 21.1. The van der Waals surface area contributed by atoms with Crippen LogP contribution in [0.25, 0.3) is 0 Å². The van der Waals surface area contributed by atoms with Crippen molar-refractivity contribution in [2.75, 3.05) is 11.9 Å². The standard InChI is InChI=1S/C20H21NO2.H3O4P/c1-4-7-13(2)21(3)14-10-11-17-18(12-14)20(23)16-9-6-5-8-15(16)19(17)22;1-5(2,3)4/h5-6,8-13H,4,7H2,1-3H3;(H3,1,2,3,4). The number of benzene rings is 2. The number of hydrogen-bond acceptors (Lipinski definition) is 4. The number of phosphoric acid groups is 1. The Morgan fingerprint density at radius 2 is 1.39 bits per heavy atom. The van der Waals surface area contributed by atoms with Gasteiger partial charge in [-0.1, -0.05) is 37.6 Å². The predicted molar refractivity (Wildman–Crippen MR) is 107 cm³/mol. The van der Waals surface area contributed by atoms with Gasteiger partial charge >= 0.3 is 7.82 Å². The van der Waals surface area contributed by atoms with Crippen molar-refractivity contribution in [3.05, 3.63) is 64.7 Å². The predicted octanol–water partition coefficient (Wildman–Crippen LogP) is 3.16. The van der Waals surface area contributed by atoms with Gasteiger partial charge in [0.15, 0.2) is 11.6 Å². The van der Waals surface area contributed by atoms with E-state index < -0.39 is 7.82 Å². The minimum atomic E-state index is -4.64. The summed E-state index contributed by atoms with van der Waals surface area (Å²) in [5.41, 5.74) is 3.01. The van der Waals surface area contributed by atoms with Crippen LogP contribution in [0.2, 0.25) is 0 Å². The van der Waals surface area contributed by atoms with E-state index in [0.717, 1.165) is 18.5 Å². The number of carbonyl (C=O) groups is 2. The quantitative estimate of drug-likeness (QED) is 0.571. The largest absolute Gasteiger partial charge is 0.466 e. The first-order valence-electron chi connectivity index (χ1n) is 8.88. The molecule has 28 heavy (non-hydrogen) atoms. The third-order valence-corrected chi connectivity index (χ3v) is 4.68. The minimum absolute atomic E-state index is 0.0615. The molecule has 1 aliphatic rings. The highest BCUT2D eigenvalue weighted by atomic mass is 31.2. The number of rotatable bonds is 4. The van der Waals surface area contributed by atoms with Crippen LogP contribution in [0.5, 0.6) is 0 Å². The molecule has 0 bridgehead atoms. The first-order chi connectivity index (χ1) is 13.0. The van der Waals surface area contributed by atoms with Crippen LogP contribution in [0.15, 0.2) is 42.5 Å². The molecule has 1 unspecified atom stereocenters. The van der Waals surface area contributed by atoms with Gasteiger partial charge in [-0.3, -0.25) is 9.59 Å². The maximum atomic E-state index is 12.8. The molecule has 0 spiro atoms. The Morgan fingerprint density at radius 1 is 0.929 bits per heavy atom. The smallest absolute Gasteiger partial charge is 0.372 e. The van der Waals surface area contributed by atoms with Crippen LogP contribution < -0.4 is 4.90 Å². The molecule has 0 amide bonds. The molecular weight excluding hydrogens is 381 g/mol. The van der Waals surface area contributed by atoms with Gasteiger partial charge in [0.1, 0.15) is 0 Å². The lowest BCUT2D eigenvalue weighted by Gasteiger charge is -2.28. The molecule has 0 radical (unpaired) electrons. The fourth-order valence-electron chi connectivity index (χ4n) is 3.17. The van der Waals surface area contributed by atoms with Crippen molar-refractivity contribution < 1.29 is 28.8 Å². The highest BCUT2D eigenvalue weighted by Crippen LogP contribution is 2.30. The summed E-state index contributed by atoms with van der Waals surface area (Å²) in [6.45, 7) is 4.33. The van der Waals surface area contributed by atoms with E-state index in [2.05, 4.69) is 18.7 Å². The fraction of sp³-hybridized carbons (Fsp3) is 0.300. The van der Waals surface area contributed by atoms with Crippen molar-refractivity contribution in [3.63, 3.8) is 0 Å². The maximum absolute atomic E-state index is 12.8. The third kappa shape index (κ3) is 5.14. The number of ketones is 2. The second kappa shape index (κ2) is 8.80. The highest BCUT2D eigenvalue weighted by Gasteiger charge is 2.29. The van der Waals surface area contributed by atoms with Crippen LogP contribution in [0.1, 0.15) is 58.5 Å². The molecule has 8 heteroatoms. The van der Waals surface area contributed by atoms with Gasteiger partial charge in [0.25, 0.3) is 0 Å². The molecule has 1 aliphatic carbocycles.